The van der Waals surface area contributed by atoms with Crippen LogP contribution in [0.4, 0.5) is 0 Å². The minimum atomic E-state index is -0.740. The molecule has 5 heteroatoms. The first-order valence-corrected chi connectivity index (χ1v) is 6.32. The van der Waals surface area contributed by atoms with Crippen LogP contribution in [0.5, 0.6) is 11.5 Å². The van der Waals surface area contributed by atoms with Crippen molar-refractivity contribution in [2.75, 3.05) is 21.3 Å². The number of methoxy groups -OCH3 is 3. The second kappa shape index (κ2) is 7.53. The van der Waals surface area contributed by atoms with Gasteiger partial charge < -0.3 is 14.2 Å². The Balaban J connectivity index is 2.86. The van der Waals surface area contributed by atoms with Crippen molar-refractivity contribution in [2.45, 2.75) is 19.8 Å². The molecule has 1 rings (SSSR count). The van der Waals surface area contributed by atoms with Gasteiger partial charge in [-0.15, -0.1) is 0 Å². The van der Waals surface area contributed by atoms with E-state index in [9.17, 15) is 9.59 Å². The number of esters is 1. The van der Waals surface area contributed by atoms with Gasteiger partial charge in [-0.25, -0.2) is 0 Å². The first-order chi connectivity index (χ1) is 9.53. The van der Waals surface area contributed by atoms with Gasteiger partial charge in [0.15, 0.2) is 0 Å². The molecule has 0 fully saturated rings. The number of carbonyl (C=O) groups excluding carboxylic acids is 2. The lowest BCUT2D eigenvalue weighted by Crippen LogP contribution is -2.23. The van der Waals surface area contributed by atoms with Crippen LogP contribution in [0, 0.1) is 5.92 Å². The van der Waals surface area contributed by atoms with E-state index in [-0.39, 0.29) is 5.78 Å². The van der Waals surface area contributed by atoms with Crippen molar-refractivity contribution in [3.8, 4) is 11.5 Å². The second-order valence-electron chi connectivity index (χ2n) is 4.40. The van der Waals surface area contributed by atoms with E-state index in [1.807, 2.05) is 6.07 Å². The number of hydrogen-bond acceptors (Lipinski definition) is 5. The van der Waals surface area contributed by atoms with Gasteiger partial charge in [0.25, 0.3) is 0 Å². The van der Waals surface area contributed by atoms with Crippen LogP contribution in [0.15, 0.2) is 18.2 Å². The zero-order valence-electron chi connectivity index (χ0n) is 12.3. The molecule has 0 radical (unpaired) electrons. The van der Waals surface area contributed by atoms with Crippen LogP contribution in [-0.2, 0) is 20.7 Å². The van der Waals surface area contributed by atoms with Gasteiger partial charge in [-0.3, -0.25) is 9.59 Å². The number of hydrogen-bond donors (Lipinski definition) is 0. The van der Waals surface area contributed by atoms with Crippen molar-refractivity contribution in [3.05, 3.63) is 23.8 Å². The molecule has 0 aliphatic rings. The highest BCUT2D eigenvalue weighted by molar-refractivity contribution is 5.97. The first kappa shape index (κ1) is 16.0. The number of ether oxygens (including phenoxy) is 3. The molecule has 110 valence electrons. The quantitative estimate of drug-likeness (QED) is 0.565. The third-order valence-electron chi connectivity index (χ3n) is 3.17. The number of aryl methyl sites for hydroxylation is 1. The lowest BCUT2D eigenvalue weighted by atomic mass is 9.96. The van der Waals surface area contributed by atoms with Gasteiger partial charge in [0.05, 0.1) is 21.3 Å². The van der Waals surface area contributed by atoms with E-state index in [0.717, 1.165) is 5.56 Å². The molecule has 5 nitrogen and oxygen atoms in total. The standard InChI is InChI=1S/C15H20O5/c1-10(16)13(15(17)20-4)7-5-11-9-12(18-2)6-8-14(11)19-3/h6,8-9,13H,5,7H2,1-4H3. The third kappa shape index (κ3) is 3.98. The number of benzene rings is 1. The normalized spacial score (nSPS) is 11.6. The molecule has 0 spiro atoms. The van der Waals surface area contributed by atoms with Crippen molar-refractivity contribution < 1.29 is 23.8 Å². The van der Waals surface area contributed by atoms with E-state index in [1.54, 1.807) is 26.4 Å². The molecule has 0 amide bonds. The van der Waals surface area contributed by atoms with Gasteiger partial charge in [0.1, 0.15) is 23.2 Å². The molecule has 0 N–H and O–H groups in total. The molecule has 1 aromatic rings. The average Bonchev–Trinajstić information content (AvgIpc) is 2.46. The van der Waals surface area contributed by atoms with E-state index < -0.39 is 11.9 Å². The van der Waals surface area contributed by atoms with E-state index >= 15 is 0 Å². The number of Topliss-reactive ketones (excluding diaryl/α,β-unsaturated/α-hetero) is 1. The Labute approximate surface area is 118 Å². The molecule has 0 saturated carbocycles. The molecule has 1 unspecified atom stereocenters. The molecule has 0 aliphatic heterocycles. The molecule has 0 heterocycles. The molecule has 0 saturated heterocycles. The Hall–Kier alpha value is -2.04. The summed E-state index contributed by atoms with van der Waals surface area (Å²) < 4.78 is 15.1. The molecule has 20 heavy (non-hydrogen) atoms. The summed E-state index contributed by atoms with van der Waals surface area (Å²) in [4.78, 5) is 23.0. The third-order valence-corrected chi connectivity index (χ3v) is 3.17. The Bertz CT molecular complexity index is 481. The van der Waals surface area contributed by atoms with Crippen LogP contribution in [0.3, 0.4) is 0 Å². The van der Waals surface area contributed by atoms with Crippen LogP contribution in [0.2, 0.25) is 0 Å². The largest absolute Gasteiger partial charge is 0.497 e. The highest BCUT2D eigenvalue weighted by atomic mass is 16.5. The Morgan fingerprint density at radius 3 is 2.35 bits per heavy atom. The van der Waals surface area contributed by atoms with Gasteiger partial charge >= 0.3 is 5.97 Å². The molecule has 0 aromatic heterocycles. The van der Waals surface area contributed by atoms with Crippen molar-refractivity contribution >= 4 is 11.8 Å². The summed E-state index contributed by atoms with van der Waals surface area (Å²) in [5, 5.41) is 0. The van der Waals surface area contributed by atoms with Gasteiger partial charge in [-0.2, -0.15) is 0 Å². The summed E-state index contributed by atoms with van der Waals surface area (Å²) in [5.74, 6) is -0.0230. The highest BCUT2D eigenvalue weighted by Gasteiger charge is 2.24. The summed E-state index contributed by atoms with van der Waals surface area (Å²) in [6, 6.07) is 5.44. The van der Waals surface area contributed by atoms with Gasteiger partial charge in [-0.1, -0.05) is 0 Å². The van der Waals surface area contributed by atoms with E-state index in [4.69, 9.17) is 9.47 Å². The summed E-state index contributed by atoms with van der Waals surface area (Å²) in [5.41, 5.74) is 0.891. The summed E-state index contributed by atoms with van der Waals surface area (Å²) in [6.07, 6.45) is 0.908. The second-order valence-corrected chi connectivity index (χ2v) is 4.40. The van der Waals surface area contributed by atoms with Crippen molar-refractivity contribution in [2.24, 2.45) is 5.92 Å². The Kier molecular flexibility index (Phi) is 6.03. The van der Waals surface area contributed by atoms with Crippen LogP contribution in [0.25, 0.3) is 0 Å². The molecular weight excluding hydrogens is 260 g/mol. The van der Waals surface area contributed by atoms with Crippen molar-refractivity contribution in [1.82, 2.24) is 0 Å². The van der Waals surface area contributed by atoms with Crippen LogP contribution in [0.1, 0.15) is 18.9 Å². The van der Waals surface area contributed by atoms with Crippen LogP contribution in [-0.4, -0.2) is 33.1 Å². The first-order valence-electron chi connectivity index (χ1n) is 6.32. The zero-order chi connectivity index (χ0) is 15.1. The van der Waals surface area contributed by atoms with Crippen molar-refractivity contribution in [1.29, 1.82) is 0 Å². The van der Waals surface area contributed by atoms with Crippen molar-refractivity contribution in [3.63, 3.8) is 0 Å². The number of carbonyl (C=O) groups is 2. The lowest BCUT2D eigenvalue weighted by molar-refractivity contribution is -0.149. The monoisotopic (exact) mass is 280 g/mol. The molecule has 1 aromatic carbocycles. The Morgan fingerprint density at radius 2 is 1.85 bits per heavy atom. The molecule has 0 bridgehead atoms. The maximum absolute atomic E-state index is 11.6. The molecule has 0 aliphatic carbocycles. The number of ketones is 1. The van der Waals surface area contributed by atoms with E-state index in [1.165, 1.54) is 14.0 Å². The maximum atomic E-state index is 11.6. The zero-order valence-corrected chi connectivity index (χ0v) is 12.3. The van der Waals surface area contributed by atoms with E-state index in [2.05, 4.69) is 4.74 Å². The summed E-state index contributed by atoms with van der Waals surface area (Å²) >= 11 is 0. The average molecular weight is 280 g/mol. The van der Waals surface area contributed by atoms with Gasteiger partial charge in [0, 0.05) is 0 Å². The topological polar surface area (TPSA) is 61.8 Å². The molecular formula is C15H20O5. The molecule has 1 atom stereocenters. The smallest absolute Gasteiger partial charge is 0.316 e. The van der Waals surface area contributed by atoms with E-state index in [0.29, 0.717) is 24.3 Å². The predicted octanol–water partition coefficient (Wildman–Crippen LogP) is 2.01. The fraction of sp³-hybridized carbons (Fsp3) is 0.467. The number of rotatable bonds is 7. The van der Waals surface area contributed by atoms with Crippen LogP contribution >= 0.6 is 0 Å². The van der Waals surface area contributed by atoms with Gasteiger partial charge in [0.2, 0.25) is 0 Å². The fourth-order valence-electron chi connectivity index (χ4n) is 2.01. The minimum Gasteiger partial charge on any atom is -0.497 e. The lowest BCUT2D eigenvalue weighted by Gasteiger charge is -2.14. The Morgan fingerprint density at radius 1 is 1.15 bits per heavy atom. The SMILES string of the molecule is COC(=O)C(CCc1cc(OC)ccc1OC)C(C)=O. The van der Waals surface area contributed by atoms with Crippen LogP contribution < -0.4 is 9.47 Å². The van der Waals surface area contributed by atoms with Gasteiger partial charge in [-0.05, 0) is 43.5 Å². The minimum absolute atomic E-state index is 0.196. The predicted molar refractivity (Wildman–Crippen MR) is 74.1 cm³/mol. The summed E-state index contributed by atoms with van der Waals surface area (Å²) in [7, 11) is 4.44. The summed E-state index contributed by atoms with van der Waals surface area (Å²) in [6.45, 7) is 1.39. The highest BCUT2D eigenvalue weighted by Crippen LogP contribution is 2.26. The fourth-order valence-corrected chi connectivity index (χ4v) is 2.01. The maximum Gasteiger partial charge on any atom is 0.316 e.